The van der Waals surface area contributed by atoms with Crippen LogP contribution in [0.5, 0.6) is 5.75 Å². The Morgan fingerprint density at radius 3 is 3.04 bits per heavy atom. The molecule has 0 radical (unpaired) electrons. The lowest BCUT2D eigenvalue weighted by Crippen LogP contribution is -2.14. The first-order chi connectivity index (χ1) is 11.3. The molecule has 1 amide bonds. The molecule has 23 heavy (non-hydrogen) atoms. The molecule has 1 heterocycles. The lowest BCUT2D eigenvalue weighted by Gasteiger charge is -2.18. The Morgan fingerprint density at radius 2 is 2.17 bits per heavy atom. The number of aryl methyl sites for hydroxylation is 1. The molecule has 120 valence electrons. The van der Waals surface area contributed by atoms with Crippen molar-refractivity contribution in [1.82, 2.24) is 0 Å². The number of rotatable bonds is 5. The Bertz CT molecular complexity index is 698. The molecule has 1 aliphatic rings. The summed E-state index contributed by atoms with van der Waals surface area (Å²) in [5.41, 5.74) is 3.87. The molecule has 0 unspecified atom stereocenters. The Morgan fingerprint density at radius 1 is 1.26 bits per heavy atom. The number of anilines is 2. The van der Waals surface area contributed by atoms with Crippen LogP contribution in [0.2, 0.25) is 0 Å². The van der Waals surface area contributed by atoms with Crippen LogP contribution in [0.1, 0.15) is 35.7 Å². The summed E-state index contributed by atoms with van der Waals surface area (Å²) >= 11 is 0. The second-order valence-corrected chi connectivity index (χ2v) is 5.73. The Balaban J connectivity index is 1.71. The third kappa shape index (κ3) is 3.83. The summed E-state index contributed by atoms with van der Waals surface area (Å²) < 4.78 is 5.58. The van der Waals surface area contributed by atoms with Gasteiger partial charge in [-0.3, -0.25) is 4.79 Å². The highest BCUT2D eigenvalue weighted by molar-refractivity contribution is 6.04. The van der Waals surface area contributed by atoms with Gasteiger partial charge in [0.2, 0.25) is 0 Å². The average Bonchev–Trinajstić information content (AvgIpc) is 2.60. The standard InChI is InChI=1S/C19H22N2O2/c1-2-11-23-17-7-3-5-15(13-17)19(22)21-16-8-9-18-14(12-16)6-4-10-20-18/h3,5,7-9,12-13,20H,2,4,6,10-11H2,1H3,(H,21,22). The number of carbonyl (C=O) groups is 1. The molecular weight excluding hydrogens is 288 g/mol. The van der Waals surface area contributed by atoms with Crippen molar-refractivity contribution in [2.24, 2.45) is 0 Å². The third-order valence-electron chi connectivity index (χ3n) is 3.87. The molecule has 2 N–H and O–H groups in total. The SMILES string of the molecule is CCCOc1cccc(C(=O)Nc2ccc3c(c2)CCCN3)c1. The van der Waals surface area contributed by atoms with Crippen LogP contribution in [-0.2, 0) is 6.42 Å². The van der Waals surface area contributed by atoms with E-state index in [4.69, 9.17) is 4.74 Å². The number of hydrogen-bond donors (Lipinski definition) is 2. The Hall–Kier alpha value is -2.49. The van der Waals surface area contributed by atoms with Gasteiger partial charge in [0.05, 0.1) is 6.61 Å². The minimum absolute atomic E-state index is 0.115. The van der Waals surface area contributed by atoms with Crippen LogP contribution in [-0.4, -0.2) is 19.1 Å². The second kappa shape index (κ2) is 7.18. The van der Waals surface area contributed by atoms with E-state index < -0.39 is 0 Å². The van der Waals surface area contributed by atoms with Crippen molar-refractivity contribution in [3.05, 3.63) is 53.6 Å². The molecule has 0 spiro atoms. The lowest BCUT2D eigenvalue weighted by molar-refractivity contribution is 0.102. The lowest BCUT2D eigenvalue weighted by atomic mass is 10.0. The fraction of sp³-hybridized carbons (Fsp3) is 0.316. The maximum Gasteiger partial charge on any atom is 0.255 e. The number of benzene rings is 2. The summed E-state index contributed by atoms with van der Waals surface area (Å²) in [5, 5.41) is 6.34. The summed E-state index contributed by atoms with van der Waals surface area (Å²) in [6.45, 7) is 3.73. The summed E-state index contributed by atoms with van der Waals surface area (Å²) in [7, 11) is 0. The van der Waals surface area contributed by atoms with Crippen LogP contribution >= 0.6 is 0 Å². The van der Waals surface area contributed by atoms with Crippen molar-refractivity contribution >= 4 is 17.3 Å². The molecule has 0 atom stereocenters. The van der Waals surface area contributed by atoms with E-state index in [0.717, 1.165) is 37.2 Å². The van der Waals surface area contributed by atoms with Gasteiger partial charge in [0.15, 0.2) is 0 Å². The predicted molar refractivity (Wildman–Crippen MR) is 93.4 cm³/mol. The van der Waals surface area contributed by atoms with Crippen molar-refractivity contribution < 1.29 is 9.53 Å². The maximum atomic E-state index is 12.4. The molecule has 4 heteroatoms. The molecular formula is C19H22N2O2. The molecule has 0 saturated carbocycles. The van der Waals surface area contributed by atoms with Gasteiger partial charge in [-0.25, -0.2) is 0 Å². The molecule has 0 fully saturated rings. The van der Waals surface area contributed by atoms with Crippen molar-refractivity contribution in [2.75, 3.05) is 23.8 Å². The van der Waals surface area contributed by atoms with Gasteiger partial charge < -0.3 is 15.4 Å². The number of carbonyl (C=O) groups excluding carboxylic acids is 1. The molecule has 0 bridgehead atoms. The number of fused-ring (bicyclic) bond motifs is 1. The monoisotopic (exact) mass is 310 g/mol. The van der Waals surface area contributed by atoms with E-state index in [1.807, 2.05) is 24.3 Å². The summed E-state index contributed by atoms with van der Waals surface area (Å²) in [5.74, 6) is 0.616. The normalized spacial score (nSPS) is 12.9. The van der Waals surface area contributed by atoms with Gasteiger partial charge in [-0.1, -0.05) is 13.0 Å². The average molecular weight is 310 g/mol. The van der Waals surface area contributed by atoms with Crippen LogP contribution in [0.3, 0.4) is 0 Å². The van der Waals surface area contributed by atoms with Crippen molar-refractivity contribution in [3.8, 4) is 5.75 Å². The molecule has 2 aromatic rings. The van der Waals surface area contributed by atoms with Gasteiger partial charge in [0.25, 0.3) is 5.91 Å². The fourth-order valence-electron chi connectivity index (χ4n) is 2.70. The summed E-state index contributed by atoms with van der Waals surface area (Å²) in [6, 6.07) is 13.3. The highest BCUT2D eigenvalue weighted by atomic mass is 16.5. The van der Waals surface area contributed by atoms with Crippen LogP contribution in [0.4, 0.5) is 11.4 Å². The number of amides is 1. The van der Waals surface area contributed by atoms with Crippen LogP contribution in [0, 0.1) is 0 Å². The second-order valence-electron chi connectivity index (χ2n) is 5.73. The maximum absolute atomic E-state index is 12.4. The summed E-state index contributed by atoms with van der Waals surface area (Å²) in [6.07, 6.45) is 3.12. The molecule has 0 aliphatic carbocycles. The Kier molecular flexibility index (Phi) is 4.81. The zero-order valence-electron chi connectivity index (χ0n) is 13.4. The zero-order chi connectivity index (χ0) is 16.1. The minimum atomic E-state index is -0.115. The molecule has 4 nitrogen and oxygen atoms in total. The van der Waals surface area contributed by atoms with Crippen molar-refractivity contribution in [3.63, 3.8) is 0 Å². The van der Waals surface area contributed by atoms with E-state index >= 15 is 0 Å². The van der Waals surface area contributed by atoms with Gasteiger partial charge >= 0.3 is 0 Å². The van der Waals surface area contributed by atoms with Gasteiger partial charge in [-0.2, -0.15) is 0 Å². The van der Waals surface area contributed by atoms with E-state index in [9.17, 15) is 4.79 Å². The van der Waals surface area contributed by atoms with E-state index in [1.165, 1.54) is 11.3 Å². The largest absolute Gasteiger partial charge is 0.494 e. The molecule has 2 aromatic carbocycles. The van der Waals surface area contributed by atoms with E-state index in [0.29, 0.717) is 12.2 Å². The van der Waals surface area contributed by atoms with E-state index in [2.05, 4.69) is 23.6 Å². The van der Waals surface area contributed by atoms with Crippen LogP contribution in [0.25, 0.3) is 0 Å². The number of nitrogens with one attached hydrogen (secondary N) is 2. The van der Waals surface area contributed by atoms with Gasteiger partial charge in [-0.15, -0.1) is 0 Å². The van der Waals surface area contributed by atoms with E-state index in [1.54, 1.807) is 12.1 Å². The van der Waals surface area contributed by atoms with Crippen LogP contribution < -0.4 is 15.4 Å². The first-order valence-electron chi connectivity index (χ1n) is 8.17. The number of hydrogen-bond acceptors (Lipinski definition) is 3. The Labute approximate surface area is 136 Å². The summed E-state index contributed by atoms with van der Waals surface area (Å²) in [4.78, 5) is 12.4. The van der Waals surface area contributed by atoms with Gasteiger partial charge in [-0.05, 0) is 61.2 Å². The number of ether oxygens (including phenoxy) is 1. The first kappa shape index (κ1) is 15.4. The molecule has 1 aliphatic heterocycles. The predicted octanol–water partition coefficient (Wildman–Crippen LogP) is 4.09. The van der Waals surface area contributed by atoms with E-state index in [-0.39, 0.29) is 5.91 Å². The van der Waals surface area contributed by atoms with Gasteiger partial charge in [0.1, 0.15) is 5.75 Å². The molecule has 3 rings (SSSR count). The third-order valence-corrected chi connectivity index (χ3v) is 3.87. The minimum Gasteiger partial charge on any atom is -0.494 e. The molecule has 0 aromatic heterocycles. The van der Waals surface area contributed by atoms with Crippen molar-refractivity contribution in [2.45, 2.75) is 26.2 Å². The highest BCUT2D eigenvalue weighted by Gasteiger charge is 2.11. The zero-order valence-corrected chi connectivity index (χ0v) is 13.4. The topological polar surface area (TPSA) is 50.4 Å². The quantitative estimate of drug-likeness (QED) is 0.874. The van der Waals surface area contributed by atoms with Gasteiger partial charge in [0, 0.05) is 23.5 Å². The van der Waals surface area contributed by atoms with Crippen molar-refractivity contribution in [1.29, 1.82) is 0 Å². The fourth-order valence-corrected chi connectivity index (χ4v) is 2.70. The molecule has 0 saturated heterocycles. The smallest absolute Gasteiger partial charge is 0.255 e. The highest BCUT2D eigenvalue weighted by Crippen LogP contribution is 2.25. The van der Waals surface area contributed by atoms with Crippen LogP contribution in [0.15, 0.2) is 42.5 Å². The first-order valence-corrected chi connectivity index (χ1v) is 8.17.